The third kappa shape index (κ3) is 3.19. The van der Waals surface area contributed by atoms with Gasteiger partial charge in [0.05, 0.1) is 0 Å². The predicted molar refractivity (Wildman–Crippen MR) is 64.1 cm³/mol. The van der Waals surface area contributed by atoms with Crippen molar-refractivity contribution in [1.82, 2.24) is 0 Å². The van der Waals surface area contributed by atoms with E-state index in [4.69, 9.17) is 0 Å². The van der Waals surface area contributed by atoms with Crippen LogP contribution in [-0.2, 0) is 24.1 Å². The predicted octanol–water partition coefficient (Wildman–Crippen LogP) is 3.19. The van der Waals surface area contributed by atoms with Crippen molar-refractivity contribution in [3.63, 3.8) is 0 Å². The average molecular weight is 204 g/mol. The van der Waals surface area contributed by atoms with Crippen LogP contribution < -0.4 is 0 Å². The van der Waals surface area contributed by atoms with Crippen LogP contribution in [0.1, 0.15) is 37.5 Å². The van der Waals surface area contributed by atoms with Crippen molar-refractivity contribution >= 4 is 6.29 Å². The molecule has 0 fully saturated rings. The lowest BCUT2D eigenvalue weighted by atomic mass is 9.95. The largest absolute Gasteiger partial charge is 0.303 e. The summed E-state index contributed by atoms with van der Waals surface area (Å²) in [6.07, 6.45) is 4.05. The fraction of sp³-hybridized carbons (Fsp3) is 0.500. The van der Waals surface area contributed by atoms with Gasteiger partial charge in [-0.15, -0.1) is 0 Å². The van der Waals surface area contributed by atoms with E-state index in [1.54, 1.807) is 0 Å². The summed E-state index contributed by atoms with van der Waals surface area (Å²) in [7, 11) is 0. The topological polar surface area (TPSA) is 17.1 Å². The summed E-state index contributed by atoms with van der Waals surface area (Å²) in [5, 5.41) is 0. The summed E-state index contributed by atoms with van der Waals surface area (Å²) in [5.74, 6) is 0.127. The number of rotatable bonds is 5. The molecule has 0 bridgehead atoms. The standard InChI is InChI=1S/C14H20O/c1-4-13-7-6-12(8-11(3)10-15)9-14(13)5-2/h6-7,9-11H,4-5,8H2,1-3H3. The van der Waals surface area contributed by atoms with Crippen molar-refractivity contribution < 1.29 is 4.79 Å². The molecule has 0 saturated heterocycles. The van der Waals surface area contributed by atoms with E-state index < -0.39 is 0 Å². The fourth-order valence-corrected chi connectivity index (χ4v) is 1.90. The van der Waals surface area contributed by atoms with Gasteiger partial charge in [0.2, 0.25) is 0 Å². The number of carbonyl (C=O) groups excluding carboxylic acids is 1. The number of aryl methyl sites for hydroxylation is 2. The van der Waals surface area contributed by atoms with Crippen molar-refractivity contribution in [3.05, 3.63) is 34.9 Å². The van der Waals surface area contributed by atoms with Gasteiger partial charge in [0.15, 0.2) is 0 Å². The summed E-state index contributed by atoms with van der Waals surface area (Å²) < 4.78 is 0. The summed E-state index contributed by atoms with van der Waals surface area (Å²) in [6, 6.07) is 6.60. The summed E-state index contributed by atoms with van der Waals surface area (Å²) in [6.45, 7) is 6.33. The van der Waals surface area contributed by atoms with E-state index in [-0.39, 0.29) is 5.92 Å². The van der Waals surface area contributed by atoms with Crippen LogP contribution >= 0.6 is 0 Å². The number of aldehydes is 1. The maximum atomic E-state index is 10.6. The highest BCUT2D eigenvalue weighted by molar-refractivity contribution is 5.53. The van der Waals surface area contributed by atoms with E-state index in [1.165, 1.54) is 16.7 Å². The number of benzene rings is 1. The molecule has 0 aliphatic heterocycles. The Balaban J connectivity index is 2.87. The van der Waals surface area contributed by atoms with Crippen LogP contribution in [-0.4, -0.2) is 6.29 Å². The molecular formula is C14H20O. The van der Waals surface area contributed by atoms with Crippen LogP contribution in [0.15, 0.2) is 18.2 Å². The summed E-state index contributed by atoms with van der Waals surface area (Å²) in [5.41, 5.74) is 4.14. The Labute approximate surface area is 92.5 Å². The zero-order chi connectivity index (χ0) is 11.3. The van der Waals surface area contributed by atoms with E-state index in [1.807, 2.05) is 6.92 Å². The Morgan fingerprint density at radius 2 is 1.87 bits per heavy atom. The molecule has 82 valence electrons. The SMILES string of the molecule is CCc1ccc(CC(C)C=O)cc1CC. The van der Waals surface area contributed by atoms with Gasteiger partial charge in [-0.3, -0.25) is 0 Å². The number of hydrogen-bond donors (Lipinski definition) is 0. The molecule has 0 heterocycles. The van der Waals surface area contributed by atoms with Crippen LogP contribution in [0, 0.1) is 5.92 Å². The third-order valence-electron chi connectivity index (χ3n) is 2.82. The lowest BCUT2D eigenvalue weighted by molar-refractivity contribution is -0.110. The van der Waals surface area contributed by atoms with Crippen molar-refractivity contribution in [2.24, 2.45) is 5.92 Å². The molecule has 1 atom stereocenters. The maximum absolute atomic E-state index is 10.6. The van der Waals surface area contributed by atoms with E-state index in [2.05, 4.69) is 32.0 Å². The lowest BCUT2D eigenvalue weighted by Gasteiger charge is -2.10. The highest BCUT2D eigenvalue weighted by Gasteiger charge is 2.04. The van der Waals surface area contributed by atoms with Crippen LogP contribution in [0.5, 0.6) is 0 Å². The van der Waals surface area contributed by atoms with Gasteiger partial charge in [-0.2, -0.15) is 0 Å². The zero-order valence-corrected chi connectivity index (χ0v) is 9.92. The summed E-state index contributed by atoms with van der Waals surface area (Å²) >= 11 is 0. The first-order valence-electron chi connectivity index (χ1n) is 5.77. The monoisotopic (exact) mass is 204 g/mol. The van der Waals surface area contributed by atoms with Crippen molar-refractivity contribution in [2.75, 3.05) is 0 Å². The quantitative estimate of drug-likeness (QED) is 0.673. The van der Waals surface area contributed by atoms with Gasteiger partial charge in [0, 0.05) is 5.92 Å². The molecule has 1 aromatic carbocycles. The molecule has 1 heteroatoms. The maximum Gasteiger partial charge on any atom is 0.123 e. The normalized spacial score (nSPS) is 12.5. The van der Waals surface area contributed by atoms with Crippen LogP contribution in [0.25, 0.3) is 0 Å². The Kier molecular flexibility index (Phi) is 4.54. The second-order valence-electron chi connectivity index (χ2n) is 4.13. The van der Waals surface area contributed by atoms with Crippen molar-refractivity contribution in [1.29, 1.82) is 0 Å². The molecule has 0 aliphatic carbocycles. The molecule has 0 saturated carbocycles. The first kappa shape index (κ1) is 12.0. The van der Waals surface area contributed by atoms with Crippen molar-refractivity contribution in [2.45, 2.75) is 40.0 Å². The average Bonchev–Trinajstić information content (AvgIpc) is 2.28. The minimum atomic E-state index is 0.127. The first-order valence-corrected chi connectivity index (χ1v) is 5.77. The molecule has 1 aromatic rings. The van der Waals surface area contributed by atoms with E-state index in [0.717, 1.165) is 25.5 Å². The minimum Gasteiger partial charge on any atom is -0.303 e. The Morgan fingerprint density at radius 1 is 1.20 bits per heavy atom. The van der Waals surface area contributed by atoms with E-state index in [9.17, 15) is 4.79 Å². The van der Waals surface area contributed by atoms with Crippen LogP contribution in [0.4, 0.5) is 0 Å². The minimum absolute atomic E-state index is 0.127. The molecule has 1 nitrogen and oxygen atoms in total. The highest BCUT2D eigenvalue weighted by atomic mass is 16.1. The third-order valence-corrected chi connectivity index (χ3v) is 2.82. The molecule has 0 spiro atoms. The molecule has 0 N–H and O–H groups in total. The van der Waals surface area contributed by atoms with E-state index in [0.29, 0.717) is 0 Å². The van der Waals surface area contributed by atoms with Crippen LogP contribution in [0.2, 0.25) is 0 Å². The fourth-order valence-electron chi connectivity index (χ4n) is 1.90. The Morgan fingerprint density at radius 3 is 2.40 bits per heavy atom. The molecular weight excluding hydrogens is 184 g/mol. The van der Waals surface area contributed by atoms with Gasteiger partial charge in [0.1, 0.15) is 6.29 Å². The highest BCUT2D eigenvalue weighted by Crippen LogP contribution is 2.16. The first-order chi connectivity index (χ1) is 7.21. The van der Waals surface area contributed by atoms with Crippen molar-refractivity contribution in [3.8, 4) is 0 Å². The summed E-state index contributed by atoms with van der Waals surface area (Å²) in [4.78, 5) is 10.6. The number of hydrogen-bond acceptors (Lipinski definition) is 1. The van der Waals surface area contributed by atoms with Gasteiger partial charge in [0.25, 0.3) is 0 Å². The van der Waals surface area contributed by atoms with Gasteiger partial charge >= 0.3 is 0 Å². The Bertz CT molecular complexity index is 328. The number of carbonyl (C=O) groups is 1. The molecule has 0 amide bonds. The molecule has 1 rings (SSSR count). The second-order valence-corrected chi connectivity index (χ2v) is 4.13. The smallest absolute Gasteiger partial charge is 0.123 e. The lowest BCUT2D eigenvalue weighted by Crippen LogP contribution is -2.02. The molecule has 1 unspecified atom stereocenters. The molecule has 0 radical (unpaired) electrons. The zero-order valence-electron chi connectivity index (χ0n) is 9.92. The molecule has 15 heavy (non-hydrogen) atoms. The second kappa shape index (κ2) is 5.69. The van der Waals surface area contributed by atoms with Gasteiger partial charge in [-0.1, -0.05) is 39.0 Å². The van der Waals surface area contributed by atoms with Gasteiger partial charge in [-0.05, 0) is 36.0 Å². The molecule has 0 aromatic heterocycles. The van der Waals surface area contributed by atoms with Crippen LogP contribution in [0.3, 0.4) is 0 Å². The Hall–Kier alpha value is -1.11. The van der Waals surface area contributed by atoms with Gasteiger partial charge < -0.3 is 4.79 Å². The van der Waals surface area contributed by atoms with E-state index >= 15 is 0 Å². The molecule has 0 aliphatic rings. The van der Waals surface area contributed by atoms with Gasteiger partial charge in [-0.25, -0.2) is 0 Å².